The van der Waals surface area contributed by atoms with Gasteiger partial charge in [-0.2, -0.15) is 0 Å². The molecule has 37 heavy (non-hydrogen) atoms. The molecule has 0 bridgehead atoms. The van der Waals surface area contributed by atoms with E-state index in [2.05, 4.69) is 6.92 Å². The van der Waals surface area contributed by atoms with Gasteiger partial charge < -0.3 is 19.5 Å². The predicted octanol–water partition coefficient (Wildman–Crippen LogP) is 3.35. The zero-order valence-corrected chi connectivity index (χ0v) is 23.6. The summed E-state index contributed by atoms with van der Waals surface area (Å²) < 4.78 is 9.39. The van der Waals surface area contributed by atoms with E-state index in [0.717, 1.165) is 57.8 Å². The van der Waals surface area contributed by atoms with Gasteiger partial charge in [0.1, 0.15) is 6.04 Å². The van der Waals surface area contributed by atoms with E-state index in [1.165, 1.54) is 26.2 Å². The van der Waals surface area contributed by atoms with E-state index in [1.54, 1.807) is 9.80 Å². The number of aliphatic hydroxyl groups is 1. The minimum atomic E-state index is -0.849. The lowest BCUT2D eigenvalue weighted by Crippen LogP contribution is -2.39. The van der Waals surface area contributed by atoms with Crippen molar-refractivity contribution in [2.45, 2.75) is 103 Å². The number of nitrogens with zero attached hydrogens (tertiary/aromatic N) is 3. The van der Waals surface area contributed by atoms with Crippen molar-refractivity contribution in [3.05, 3.63) is 0 Å². The molecule has 0 radical (unpaired) electrons. The topological polar surface area (TPSA) is 117 Å². The van der Waals surface area contributed by atoms with Gasteiger partial charge in [0.15, 0.2) is 0 Å². The number of carbonyl (C=O) groups is 4. The van der Waals surface area contributed by atoms with Crippen molar-refractivity contribution >= 4 is 23.9 Å². The number of esters is 2. The highest BCUT2D eigenvalue weighted by atomic mass is 16.5. The van der Waals surface area contributed by atoms with Crippen LogP contribution in [0, 0.1) is 0 Å². The standard InChI is InChI=1S/C27H49N3O7/c1-6-7-8-13-16-27(2,35)17-19-30-22(25(33)28(3)26(30)34)15-12-10-9-11-14-18-29(20-23(31)36-4)21-24(32)37-5/h22,35H,6-21H2,1-5H3. The Morgan fingerprint density at radius 1 is 0.919 bits per heavy atom. The Bertz CT molecular complexity index is 711. The average Bonchev–Trinajstić information content (AvgIpc) is 3.07. The zero-order valence-electron chi connectivity index (χ0n) is 23.6. The molecule has 1 rings (SSSR count). The highest BCUT2D eigenvalue weighted by Crippen LogP contribution is 2.25. The van der Waals surface area contributed by atoms with Crippen LogP contribution in [0.3, 0.4) is 0 Å². The summed E-state index contributed by atoms with van der Waals surface area (Å²) in [5, 5.41) is 10.7. The van der Waals surface area contributed by atoms with E-state index in [1.807, 2.05) is 6.92 Å². The lowest BCUT2D eigenvalue weighted by atomic mass is 9.94. The van der Waals surface area contributed by atoms with Gasteiger partial charge in [0.05, 0.1) is 32.9 Å². The van der Waals surface area contributed by atoms with Crippen molar-refractivity contribution in [1.82, 2.24) is 14.7 Å². The summed E-state index contributed by atoms with van der Waals surface area (Å²) in [6.07, 6.45) is 10.5. The Kier molecular flexibility index (Phi) is 15.4. The van der Waals surface area contributed by atoms with E-state index in [-0.39, 0.29) is 25.0 Å². The molecule has 1 heterocycles. The largest absolute Gasteiger partial charge is 0.468 e. The summed E-state index contributed by atoms with van der Waals surface area (Å²) in [4.78, 5) is 53.0. The molecule has 3 amide bonds. The molecule has 2 unspecified atom stereocenters. The van der Waals surface area contributed by atoms with E-state index in [4.69, 9.17) is 9.47 Å². The summed E-state index contributed by atoms with van der Waals surface area (Å²) >= 11 is 0. The van der Waals surface area contributed by atoms with Gasteiger partial charge in [-0.1, -0.05) is 58.3 Å². The number of ether oxygens (including phenoxy) is 2. The molecule has 0 aromatic carbocycles. The van der Waals surface area contributed by atoms with Gasteiger partial charge in [-0.3, -0.25) is 24.2 Å². The number of carbonyl (C=O) groups excluding carboxylic acids is 4. The van der Waals surface area contributed by atoms with Crippen LogP contribution in [0.2, 0.25) is 0 Å². The third kappa shape index (κ3) is 12.3. The molecule has 0 aromatic heterocycles. The maximum Gasteiger partial charge on any atom is 0.327 e. The van der Waals surface area contributed by atoms with Gasteiger partial charge in [-0.05, 0) is 39.2 Å². The minimum Gasteiger partial charge on any atom is -0.468 e. The summed E-state index contributed by atoms with van der Waals surface area (Å²) in [6.45, 7) is 5.00. The number of unbranched alkanes of at least 4 members (excludes halogenated alkanes) is 7. The maximum absolute atomic E-state index is 12.7. The second kappa shape index (κ2) is 17.3. The van der Waals surface area contributed by atoms with Crippen LogP contribution in [0.15, 0.2) is 0 Å². The molecule has 2 atom stereocenters. The Hall–Kier alpha value is -2.20. The molecule has 1 aliphatic heterocycles. The molecule has 1 N–H and O–H groups in total. The first-order chi connectivity index (χ1) is 17.6. The number of hydrogen-bond donors (Lipinski definition) is 1. The van der Waals surface area contributed by atoms with Crippen molar-refractivity contribution < 1.29 is 33.8 Å². The molecule has 0 aromatic rings. The van der Waals surface area contributed by atoms with Crippen molar-refractivity contribution in [3.63, 3.8) is 0 Å². The Morgan fingerprint density at radius 2 is 1.49 bits per heavy atom. The quantitative estimate of drug-likeness (QED) is 0.146. The van der Waals surface area contributed by atoms with Gasteiger partial charge in [-0.25, -0.2) is 4.79 Å². The molecule has 1 saturated heterocycles. The van der Waals surface area contributed by atoms with Gasteiger partial charge >= 0.3 is 18.0 Å². The third-order valence-electron chi connectivity index (χ3n) is 7.10. The molecule has 1 fully saturated rings. The molecule has 0 aliphatic carbocycles. The van der Waals surface area contributed by atoms with Crippen LogP contribution >= 0.6 is 0 Å². The molecule has 10 nitrogen and oxygen atoms in total. The fourth-order valence-corrected chi connectivity index (χ4v) is 4.64. The number of rotatable bonds is 20. The lowest BCUT2D eigenvalue weighted by molar-refractivity contribution is -0.145. The molecule has 1 aliphatic rings. The first-order valence-corrected chi connectivity index (χ1v) is 13.7. The monoisotopic (exact) mass is 527 g/mol. The molecule has 0 saturated carbocycles. The fraction of sp³-hybridized carbons (Fsp3) is 0.852. The molecule has 10 heteroatoms. The number of hydrogen-bond acceptors (Lipinski definition) is 8. The summed E-state index contributed by atoms with van der Waals surface area (Å²) in [6, 6.07) is -0.753. The van der Waals surface area contributed by atoms with Crippen molar-refractivity contribution in [2.75, 3.05) is 47.4 Å². The minimum absolute atomic E-state index is 0.0401. The summed E-state index contributed by atoms with van der Waals surface area (Å²) in [5.41, 5.74) is -0.849. The van der Waals surface area contributed by atoms with E-state index < -0.39 is 23.6 Å². The average molecular weight is 528 g/mol. The maximum atomic E-state index is 12.7. The van der Waals surface area contributed by atoms with Crippen molar-refractivity contribution in [3.8, 4) is 0 Å². The van der Waals surface area contributed by atoms with Crippen LogP contribution in [-0.2, 0) is 23.9 Å². The van der Waals surface area contributed by atoms with Crippen LogP contribution in [0.1, 0.15) is 90.9 Å². The number of imide groups is 1. The third-order valence-corrected chi connectivity index (χ3v) is 7.10. The van der Waals surface area contributed by atoms with Crippen LogP contribution in [0.4, 0.5) is 4.79 Å². The Labute approximate surface area is 222 Å². The van der Waals surface area contributed by atoms with E-state index in [9.17, 15) is 24.3 Å². The van der Waals surface area contributed by atoms with Crippen molar-refractivity contribution in [2.24, 2.45) is 0 Å². The Morgan fingerprint density at radius 3 is 2.08 bits per heavy atom. The highest BCUT2D eigenvalue weighted by molar-refractivity contribution is 6.03. The van der Waals surface area contributed by atoms with Crippen molar-refractivity contribution in [1.29, 1.82) is 0 Å². The highest BCUT2D eigenvalue weighted by Gasteiger charge is 2.42. The molecule has 0 spiro atoms. The lowest BCUT2D eigenvalue weighted by Gasteiger charge is -2.28. The predicted molar refractivity (Wildman–Crippen MR) is 141 cm³/mol. The smallest absolute Gasteiger partial charge is 0.327 e. The summed E-state index contributed by atoms with van der Waals surface area (Å²) in [5.74, 6) is -0.965. The van der Waals surface area contributed by atoms with Crippen LogP contribution in [0.25, 0.3) is 0 Å². The SMILES string of the molecule is CCCCCCC(C)(O)CCN1C(=O)N(C)C(=O)C1CCCCCCCN(CC(=O)OC)CC(=O)OC. The van der Waals surface area contributed by atoms with Gasteiger partial charge in [-0.15, -0.1) is 0 Å². The molecular weight excluding hydrogens is 478 g/mol. The zero-order chi connectivity index (χ0) is 27.8. The first-order valence-electron chi connectivity index (χ1n) is 13.7. The summed E-state index contributed by atoms with van der Waals surface area (Å²) in [7, 11) is 4.16. The number of amides is 3. The number of likely N-dealkylation sites (N-methyl/N-ethyl adjacent to an activating group) is 1. The van der Waals surface area contributed by atoms with Gasteiger partial charge in [0.25, 0.3) is 5.91 Å². The van der Waals surface area contributed by atoms with E-state index >= 15 is 0 Å². The second-order valence-corrected chi connectivity index (χ2v) is 10.4. The molecule has 214 valence electrons. The Balaban J connectivity index is 2.43. The van der Waals surface area contributed by atoms with Crippen LogP contribution < -0.4 is 0 Å². The normalized spacial score (nSPS) is 17.4. The second-order valence-electron chi connectivity index (χ2n) is 10.4. The van der Waals surface area contributed by atoms with Gasteiger partial charge in [0.2, 0.25) is 0 Å². The van der Waals surface area contributed by atoms with E-state index in [0.29, 0.717) is 32.4 Å². The fourth-order valence-electron chi connectivity index (χ4n) is 4.64. The number of methoxy groups -OCH3 is 2. The van der Waals surface area contributed by atoms with Gasteiger partial charge in [0, 0.05) is 13.6 Å². The van der Waals surface area contributed by atoms with Crippen LogP contribution in [0.5, 0.6) is 0 Å². The molecular formula is C27H49N3O7. The number of urea groups is 1. The van der Waals surface area contributed by atoms with Crippen LogP contribution in [-0.4, -0.2) is 103 Å². The first kappa shape index (κ1) is 32.8.